The fraction of sp³-hybridized carbons (Fsp3) is 0.316. The molecular formula is C19H18N4O4. The minimum atomic E-state index is -0.353. The van der Waals surface area contributed by atoms with Crippen LogP contribution in [-0.2, 0) is 0 Å². The third-order valence-corrected chi connectivity index (χ3v) is 5.14. The minimum absolute atomic E-state index is 0.00930. The van der Waals surface area contributed by atoms with Crippen molar-refractivity contribution in [2.45, 2.75) is 18.9 Å². The summed E-state index contributed by atoms with van der Waals surface area (Å²) in [5, 5.41) is 11.8. The van der Waals surface area contributed by atoms with E-state index in [4.69, 9.17) is 9.47 Å². The smallest absolute Gasteiger partial charge is 0.372 e. The van der Waals surface area contributed by atoms with Crippen molar-refractivity contribution < 1.29 is 14.4 Å². The van der Waals surface area contributed by atoms with Crippen LogP contribution in [0.3, 0.4) is 0 Å². The molecule has 8 heteroatoms. The van der Waals surface area contributed by atoms with Crippen molar-refractivity contribution in [2.75, 3.05) is 24.7 Å². The van der Waals surface area contributed by atoms with E-state index in [9.17, 15) is 10.1 Å². The summed E-state index contributed by atoms with van der Waals surface area (Å²) in [5.74, 6) is 1.90. The fourth-order valence-corrected chi connectivity index (χ4v) is 3.97. The number of ether oxygens (including phenoxy) is 2. The van der Waals surface area contributed by atoms with Crippen molar-refractivity contribution >= 4 is 17.3 Å². The molecule has 0 N–H and O–H groups in total. The molecule has 1 atom stereocenters. The summed E-state index contributed by atoms with van der Waals surface area (Å²) >= 11 is 0. The molecule has 0 saturated carbocycles. The van der Waals surface area contributed by atoms with Gasteiger partial charge in [-0.3, -0.25) is 0 Å². The maximum atomic E-state index is 11.8. The van der Waals surface area contributed by atoms with E-state index in [-0.39, 0.29) is 16.8 Å². The summed E-state index contributed by atoms with van der Waals surface area (Å²) in [6, 6.07) is 11.3. The van der Waals surface area contributed by atoms with Crippen LogP contribution in [0.5, 0.6) is 11.5 Å². The van der Waals surface area contributed by atoms with Gasteiger partial charge in [0, 0.05) is 12.6 Å². The molecule has 5 rings (SSSR count). The molecule has 0 amide bonds. The van der Waals surface area contributed by atoms with Gasteiger partial charge in [0.25, 0.3) is 0 Å². The molecule has 2 aromatic heterocycles. The predicted octanol–water partition coefficient (Wildman–Crippen LogP) is 3.36. The lowest BCUT2D eigenvalue weighted by molar-refractivity contribution is -0.389. The molecule has 2 aliphatic rings. The van der Waals surface area contributed by atoms with Crippen LogP contribution < -0.4 is 14.4 Å². The second-order valence-corrected chi connectivity index (χ2v) is 6.70. The highest BCUT2D eigenvalue weighted by Crippen LogP contribution is 2.42. The first-order valence-corrected chi connectivity index (χ1v) is 9.00. The lowest BCUT2D eigenvalue weighted by Gasteiger charge is -2.26. The van der Waals surface area contributed by atoms with Crippen LogP contribution in [0.1, 0.15) is 24.4 Å². The van der Waals surface area contributed by atoms with Gasteiger partial charge < -0.3 is 24.5 Å². The summed E-state index contributed by atoms with van der Waals surface area (Å²) in [4.78, 5) is 18.0. The van der Waals surface area contributed by atoms with Gasteiger partial charge in [0.2, 0.25) is 11.5 Å². The first-order valence-electron chi connectivity index (χ1n) is 9.00. The van der Waals surface area contributed by atoms with Gasteiger partial charge in [0.05, 0.1) is 12.2 Å². The van der Waals surface area contributed by atoms with Gasteiger partial charge in [-0.1, -0.05) is 12.1 Å². The highest BCUT2D eigenvalue weighted by Gasteiger charge is 2.35. The molecule has 27 heavy (non-hydrogen) atoms. The van der Waals surface area contributed by atoms with Crippen molar-refractivity contribution in [2.24, 2.45) is 0 Å². The average molecular weight is 366 g/mol. The normalized spacial score (nSPS) is 18.8. The largest absolute Gasteiger partial charge is 0.486 e. The van der Waals surface area contributed by atoms with Gasteiger partial charge in [-0.25, -0.2) is 0 Å². The third-order valence-electron chi connectivity index (χ3n) is 5.14. The monoisotopic (exact) mass is 366 g/mol. The van der Waals surface area contributed by atoms with Gasteiger partial charge >= 0.3 is 5.82 Å². The average Bonchev–Trinajstić information content (AvgIpc) is 3.31. The van der Waals surface area contributed by atoms with E-state index < -0.39 is 0 Å². The summed E-state index contributed by atoms with van der Waals surface area (Å²) in [6.07, 6.45) is 3.54. The van der Waals surface area contributed by atoms with Crippen molar-refractivity contribution in [1.29, 1.82) is 0 Å². The molecule has 0 bridgehead atoms. The van der Waals surface area contributed by atoms with E-state index in [1.165, 1.54) is 4.40 Å². The Kier molecular flexibility index (Phi) is 3.63. The molecule has 138 valence electrons. The summed E-state index contributed by atoms with van der Waals surface area (Å²) in [5.41, 5.74) is 1.63. The van der Waals surface area contributed by atoms with E-state index in [0.29, 0.717) is 24.7 Å². The Morgan fingerprint density at radius 2 is 2.00 bits per heavy atom. The molecule has 0 aliphatic carbocycles. The second kappa shape index (κ2) is 6.15. The first-order chi connectivity index (χ1) is 13.2. The number of anilines is 1. The number of benzene rings is 1. The zero-order valence-corrected chi connectivity index (χ0v) is 14.6. The summed E-state index contributed by atoms with van der Waals surface area (Å²) in [7, 11) is 0. The van der Waals surface area contributed by atoms with Gasteiger partial charge in [-0.2, -0.15) is 9.38 Å². The highest BCUT2D eigenvalue weighted by atomic mass is 16.6. The number of hydrogen-bond acceptors (Lipinski definition) is 6. The lowest BCUT2D eigenvalue weighted by atomic mass is 10.0. The van der Waals surface area contributed by atoms with Crippen LogP contribution in [0.15, 0.2) is 42.6 Å². The number of nitro groups is 1. The Morgan fingerprint density at radius 3 is 2.85 bits per heavy atom. The number of rotatable bonds is 3. The molecule has 3 aromatic rings. The topological polar surface area (TPSA) is 82.1 Å². The second-order valence-electron chi connectivity index (χ2n) is 6.70. The van der Waals surface area contributed by atoms with E-state index in [0.717, 1.165) is 36.4 Å². The Morgan fingerprint density at radius 1 is 1.15 bits per heavy atom. The number of aromatic nitrogens is 2. The van der Waals surface area contributed by atoms with Crippen LogP contribution in [0, 0.1) is 10.1 Å². The quantitative estimate of drug-likeness (QED) is 0.522. The maximum Gasteiger partial charge on any atom is 0.372 e. The summed E-state index contributed by atoms with van der Waals surface area (Å²) < 4.78 is 12.8. The van der Waals surface area contributed by atoms with Crippen LogP contribution in [0.2, 0.25) is 0 Å². The van der Waals surface area contributed by atoms with Gasteiger partial charge in [-0.15, -0.1) is 0 Å². The van der Waals surface area contributed by atoms with E-state index in [2.05, 4.69) is 4.98 Å². The molecular weight excluding hydrogens is 348 g/mol. The number of pyridine rings is 1. The van der Waals surface area contributed by atoms with Crippen LogP contribution in [-0.4, -0.2) is 34.1 Å². The van der Waals surface area contributed by atoms with Crippen LogP contribution in [0.25, 0.3) is 5.65 Å². The molecule has 1 fully saturated rings. The molecule has 8 nitrogen and oxygen atoms in total. The molecule has 2 aliphatic heterocycles. The van der Waals surface area contributed by atoms with Crippen LogP contribution in [0.4, 0.5) is 11.6 Å². The van der Waals surface area contributed by atoms with Gasteiger partial charge in [0.1, 0.15) is 13.2 Å². The van der Waals surface area contributed by atoms with E-state index >= 15 is 0 Å². The molecule has 0 radical (unpaired) electrons. The number of hydrogen-bond donors (Lipinski definition) is 0. The SMILES string of the molecule is O=[N+]([O-])c1c(N2CCCC2c2ccc3c(c2)OCCO3)nc2ccccn12. The molecule has 1 saturated heterocycles. The molecule has 1 unspecified atom stereocenters. The van der Waals surface area contributed by atoms with E-state index in [1.54, 1.807) is 18.3 Å². The van der Waals surface area contributed by atoms with Crippen molar-refractivity contribution in [3.63, 3.8) is 0 Å². The number of fused-ring (bicyclic) bond motifs is 2. The Labute approximate surface area is 155 Å². The summed E-state index contributed by atoms with van der Waals surface area (Å²) in [6.45, 7) is 1.81. The van der Waals surface area contributed by atoms with Crippen molar-refractivity contribution in [3.8, 4) is 11.5 Å². The van der Waals surface area contributed by atoms with Crippen molar-refractivity contribution in [3.05, 3.63) is 58.3 Å². The minimum Gasteiger partial charge on any atom is -0.486 e. The predicted molar refractivity (Wildman–Crippen MR) is 98.6 cm³/mol. The van der Waals surface area contributed by atoms with Crippen LogP contribution >= 0.6 is 0 Å². The Balaban J connectivity index is 1.58. The fourth-order valence-electron chi connectivity index (χ4n) is 3.97. The van der Waals surface area contributed by atoms with E-state index in [1.807, 2.05) is 29.2 Å². The highest BCUT2D eigenvalue weighted by molar-refractivity contribution is 5.65. The third kappa shape index (κ3) is 2.56. The number of imidazole rings is 1. The number of nitrogens with zero attached hydrogens (tertiary/aromatic N) is 4. The Hall–Kier alpha value is -3.29. The van der Waals surface area contributed by atoms with Crippen molar-refractivity contribution in [1.82, 2.24) is 9.38 Å². The molecule has 0 spiro atoms. The Bertz CT molecular complexity index is 1030. The van der Waals surface area contributed by atoms with Gasteiger partial charge in [-0.05, 0) is 41.5 Å². The van der Waals surface area contributed by atoms with Gasteiger partial charge in [0.15, 0.2) is 11.5 Å². The zero-order chi connectivity index (χ0) is 18.4. The molecule has 1 aromatic carbocycles. The first kappa shape index (κ1) is 15.9. The lowest BCUT2D eigenvalue weighted by Crippen LogP contribution is -2.24. The zero-order valence-electron chi connectivity index (χ0n) is 14.6. The standard InChI is InChI=1S/C19H18N4O4/c24-23(25)19-18(20-17-5-1-2-8-22(17)19)21-9-3-4-14(21)13-6-7-15-16(12-13)27-11-10-26-15/h1-2,5-8,12,14H,3-4,9-11H2. The maximum absolute atomic E-state index is 11.8. The molecule has 4 heterocycles.